The zero-order chi connectivity index (χ0) is 12.3. The standard InChI is InChI=1S/C11H11N3O3/c1-13-9(7-11(12-13)14(15)16)8-17-10-5-3-2-4-6-10/h2-7H,8H2,1H3. The Morgan fingerprint density at radius 3 is 2.71 bits per heavy atom. The number of nitrogens with zero attached hydrogens (tertiary/aromatic N) is 3. The van der Waals surface area contributed by atoms with Crippen molar-refractivity contribution in [1.29, 1.82) is 0 Å². The molecule has 6 heteroatoms. The van der Waals surface area contributed by atoms with E-state index < -0.39 is 4.92 Å². The number of benzene rings is 1. The Labute approximate surface area is 97.6 Å². The lowest BCUT2D eigenvalue weighted by Crippen LogP contribution is -2.02. The van der Waals surface area contributed by atoms with Gasteiger partial charge in [0.25, 0.3) is 0 Å². The van der Waals surface area contributed by atoms with Gasteiger partial charge in [-0.1, -0.05) is 18.2 Å². The molecule has 0 N–H and O–H groups in total. The lowest BCUT2D eigenvalue weighted by atomic mass is 10.3. The Morgan fingerprint density at radius 1 is 1.41 bits per heavy atom. The molecule has 0 unspecified atom stereocenters. The van der Waals surface area contributed by atoms with E-state index >= 15 is 0 Å². The molecule has 0 aliphatic heterocycles. The van der Waals surface area contributed by atoms with Gasteiger partial charge in [-0.05, 0) is 17.1 Å². The molecule has 0 fully saturated rings. The molecular weight excluding hydrogens is 222 g/mol. The van der Waals surface area contributed by atoms with Crippen molar-refractivity contribution in [3.8, 4) is 5.75 Å². The van der Waals surface area contributed by atoms with E-state index in [1.165, 1.54) is 10.7 Å². The number of hydrogen-bond acceptors (Lipinski definition) is 4. The van der Waals surface area contributed by atoms with Gasteiger partial charge >= 0.3 is 5.82 Å². The maximum absolute atomic E-state index is 10.5. The van der Waals surface area contributed by atoms with E-state index in [9.17, 15) is 10.1 Å². The van der Waals surface area contributed by atoms with Gasteiger partial charge in [-0.3, -0.25) is 0 Å². The first-order valence-corrected chi connectivity index (χ1v) is 5.02. The third-order valence-electron chi connectivity index (χ3n) is 2.28. The van der Waals surface area contributed by atoms with Crippen LogP contribution in [-0.2, 0) is 13.7 Å². The van der Waals surface area contributed by atoms with Crippen molar-refractivity contribution in [1.82, 2.24) is 9.78 Å². The highest BCUT2D eigenvalue weighted by molar-refractivity contribution is 5.24. The maximum atomic E-state index is 10.5. The number of aromatic nitrogens is 2. The van der Waals surface area contributed by atoms with Crippen LogP contribution in [0, 0.1) is 10.1 Å². The van der Waals surface area contributed by atoms with Crippen LogP contribution in [-0.4, -0.2) is 14.7 Å². The molecule has 17 heavy (non-hydrogen) atoms. The van der Waals surface area contributed by atoms with Crippen LogP contribution < -0.4 is 4.74 Å². The van der Waals surface area contributed by atoms with E-state index in [0.717, 1.165) is 5.75 Å². The lowest BCUT2D eigenvalue weighted by Gasteiger charge is -2.03. The van der Waals surface area contributed by atoms with Gasteiger partial charge in [-0.25, -0.2) is 0 Å². The summed E-state index contributed by atoms with van der Waals surface area (Å²) in [5.74, 6) is 0.551. The Hall–Kier alpha value is -2.37. The number of hydrogen-bond donors (Lipinski definition) is 0. The molecular formula is C11H11N3O3. The lowest BCUT2D eigenvalue weighted by molar-refractivity contribution is -0.389. The van der Waals surface area contributed by atoms with E-state index in [-0.39, 0.29) is 12.4 Å². The molecule has 0 aliphatic rings. The summed E-state index contributed by atoms with van der Waals surface area (Å²) in [5, 5.41) is 14.3. The first-order chi connectivity index (χ1) is 8.16. The Bertz CT molecular complexity index is 522. The molecule has 0 saturated carbocycles. The second kappa shape index (κ2) is 4.65. The number of para-hydroxylation sites is 1. The van der Waals surface area contributed by atoms with Gasteiger partial charge in [0.15, 0.2) is 0 Å². The Balaban J connectivity index is 2.07. The van der Waals surface area contributed by atoms with E-state index in [0.29, 0.717) is 5.69 Å². The number of ether oxygens (including phenoxy) is 1. The first kappa shape index (κ1) is 11.1. The molecule has 6 nitrogen and oxygen atoms in total. The summed E-state index contributed by atoms with van der Waals surface area (Å²) in [6.45, 7) is 0.251. The van der Waals surface area contributed by atoms with Crippen molar-refractivity contribution in [3.05, 3.63) is 52.2 Å². The zero-order valence-corrected chi connectivity index (χ0v) is 9.24. The topological polar surface area (TPSA) is 70.2 Å². The van der Waals surface area contributed by atoms with Crippen LogP contribution >= 0.6 is 0 Å². The number of rotatable bonds is 4. The third kappa shape index (κ3) is 2.60. The summed E-state index contributed by atoms with van der Waals surface area (Å²) >= 11 is 0. The molecule has 0 spiro atoms. The molecule has 1 aromatic heterocycles. The molecule has 0 saturated heterocycles. The predicted molar refractivity (Wildman–Crippen MR) is 60.6 cm³/mol. The fourth-order valence-corrected chi connectivity index (χ4v) is 1.39. The van der Waals surface area contributed by atoms with Gasteiger partial charge in [0.1, 0.15) is 18.1 Å². The van der Waals surface area contributed by atoms with E-state index in [1.807, 2.05) is 30.3 Å². The first-order valence-electron chi connectivity index (χ1n) is 5.02. The van der Waals surface area contributed by atoms with Crippen molar-refractivity contribution in [2.45, 2.75) is 6.61 Å². The van der Waals surface area contributed by atoms with Crippen LogP contribution in [0.4, 0.5) is 5.82 Å². The minimum absolute atomic E-state index is 0.167. The normalized spacial score (nSPS) is 10.2. The molecule has 0 aliphatic carbocycles. The maximum Gasteiger partial charge on any atom is 0.390 e. The average molecular weight is 233 g/mol. The Kier molecular flexibility index (Phi) is 3.04. The van der Waals surface area contributed by atoms with Gasteiger partial charge in [-0.2, -0.15) is 4.68 Å². The average Bonchev–Trinajstić information content (AvgIpc) is 2.70. The fourth-order valence-electron chi connectivity index (χ4n) is 1.39. The van der Waals surface area contributed by atoms with Crippen molar-refractivity contribution in [2.75, 3.05) is 0 Å². The summed E-state index contributed by atoms with van der Waals surface area (Å²) in [7, 11) is 1.65. The SMILES string of the molecule is Cn1nc([N+](=O)[O-])cc1COc1ccccc1. The highest BCUT2D eigenvalue weighted by Gasteiger charge is 2.15. The van der Waals surface area contributed by atoms with Crippen LogP contribution in [0.5, 0.6) is 5.75 Å². The van der Waals surface area contributed by atoms with Crippen LogP contribution in [0.25, 0.3) is 0 Å². The molecule has 88 valence electrons. The van der Waals surface area contributed by atoms with Gasteiger partial charge in [0.05, 0.1) is 18.2 Å². The molecule has 0 bridgehead atoms. The van der Waals surface area contributed by atoms with Gasteiger partial charge < -0.3 is 14.9 Å². The van der Waals surface area contributed by atoms with Crippen LogP contribution in [0.3, 0.4) is 0 Å². The van der Waals surface area contributed by atoms with Crippen LogP contribution in [0.1, 0.15) is 5.69 Å². The summed E-state index contributed by atoms with van der Waals surface area (Å²) in [6.07, 6.45) is 0. The highest BCUT2D eigenvalue weighted by atomic mass is 16.6. The van der Waals surface area contributed by atoms with Crippen molar-refractivity contribution < 1.29 is 9.66 Å². The molecule has 0 amide bonds. The summed E-state index contributed by atoms with van der Waals surface area (Å²) in [6, 6.07) is 10.7. The minimum atomic E-state index is -0.522. The van der Waals surface area contributed by atoms with Crippen molar-refractivity contribution in [3.63, 3.8) is 0 Å². The number of nitro groups is 1. The zero-order valence-electron chi connectivity index (χ0n) is 9.24. The highest BCUT2D eigenvalue weighted by Crippen LogP contribution is 2.14. The molecule has 1 aromatic carbocycles. The van der Waals surface area contributed by atoms with E-state index in [2.05, 4.69) is 5.10 Å². The molecule has 0 atom stereocenters. The smallest absolute Gasteiger partial charge is 0.390 e. The summed E-state index contributed by atoms with van der Waals surface area (Å²) in [4.78, 5) is 10.0. The molecule has 2 rings (SSSR count). The second-order valence-electron chi connectivity index (χ2n) is 3.48. The predicted octanol–water partition coefficient (Wildman–Crippen LogP) is 1.91. The van der Waals surface area contributed by atoms with E-state index in [1.54, 1.807) is 7.05 Å². The summed E-state index contributed by atoms with van der Waals surface area (Å²) in [5.41, 5.74) is 0.653. The number of aryl methyl sites for hydroxylation is 1. The largest absolute Gasteiger partial charge is 0.487 e. The van der Waals surface area contributed by atoms with Crippen molar-refractivity contribution >= 4 is 5.82 Å². The Morgan fingerprint density at radius 2 is 2.12 bits per heavy atom. The van der Waals surface area contributed by atoms with Crippen LogP contribution in [0.2, 0.25) is 0 Å². The van der Waals surface area contributed by atoms with Gasteiger partial charge in [0.2, 0.25) is 0 Å². The third-order valence-corrected chi connectivity index (χ3v) is 2.28. The van der Waals surface area contributed by atoms with E-state index in [4.69, 9.17) is 4.74 Å². The van der Waals surface area contributed by atoms with Crippen LogP contribution in [0.15, 0.2) is 36.4 Å². The molecule has 0 radical (unpaired) electrons. The monoisotopic (exact) mass is 233 g/mol. The van der Waals surface area contributed by atoms with Crippen molar-refractivity contribution in [2.24, 2.45) is 7.05 Å². The minimum Gasteiger partial charge on any atom is -0.487 e. The van der Waals surface area contributed by atoms with Gasteiger partial charge in [0, 0.05) is 0 Å². The molecule has 1 heterocycles. The van der Waals surface area contributed by atoms with Gasteiger partial charge in [-0.15, -0.1) is 0 Å². The molecule has 2 aromatic rings. The fraction of sp³-hybridized carbons (Fsp3) is 0.182. The summed E-state index contributed by atoms with van der Waals surface area (Å²) < 4.78 is 6.93. The second-order valence-corrected chi connectivity index (χ2v) is 3.48. The quantitative estimate of drug-likeness (QED) is 0.597.